The third kappa shape index (κ3) is 3.83. The van der Waals surface area contributed by atoms with Gasteiger partial charge in [-0.3, -0.25) is 25.2 Å². The van der Waals surface area contributed by atoms with Gasteiger partial charge in [-0.15, -0.1) is 0 Å². The van der Waals surface area contributed by atoms with E-state index in [1.54, 1.807) is 33.1 Å². The molecule has 1 aromatic carbocycles. The molecule has 0 fully saturated rings. The predicted molar refractivity (Wildman–Crippen MR) is 86.4 cm³/mol. The van der Waals surface area contributed by atoms with Crippen molar-refractivity contribution < 1.29 is 23.9 Å². The molecule has 128 valence electrons. The molecule has 8 nitrogen and oxygen atoms in total. The number of fused-ring (bicyclic) bond motifs is 1. The Morgan fingerprint density at radius 2 is 1.96 bits per heavy atom. The zero-order valence-corrected chi connectivity index (χ0v) is 13.7. The number of rotatable bonds is 5. The largest absolute Gasteiger partial charge is 0.497 e. The first kappa shape index (κ1) is 17.3. The van der Waals surface area contributed by atoms with Crippen molar-refractivity contribution in [2.45, 2.75) is 20.3 Å². The topological polar surface area (TPSA) is 110 Å². The van der Waals surface area contributed by atoms with E-state index < -0.39 is 24.2 Å². The highest BCUT2D eigenvalue weighted by Crippen LogP contribution is 2.25. The van der Waals surface area contributed by atoms with Crippen LogP contribution in [0.5, 0.6) is 5.75 Å². The van der Waals surface area contributed by atoms with Gasteiger partial charge in [0.25, 0.3) is 5.91 Å². The van der Waals surface area contributed by atoms with Crippen LogP contribution >= 0.6 is 0 Å². The number of H-pyrrole nitrogens is 1. The van der Waals surface area contributed by atoms with Crippen molar-refractivity contribution in [1.82, 2.24) is 15.8 Å². The average molecular weight is 333 g/mol. The lowest BCUT2D eigenvalue weighted by molar-refractivity contribution is -0.146. The number of carbonyl (C=O) groups is 3. The van der Waals surface area contributed by atoms with Gasteiger partial charge < -0.3 is 14.5 Å². The highest BCUT2D eigenvalue weighted by atomic mass is 16.5. The highest BCUT2D eigenvalue weighted by Gasteiger charge is 2.17. The van der Waals surface area contributed by atoms with Crippen molar-refractivity contribution >= 4 is 28.7 Å². The number of nitrogens with one attached hydrogen (secondary N) is 3. The standard InChI is InChI=1S/C16H19N3O5/c1-4-24-14(21)8-13(20)18-19-16(22)15-9(2)11-7-10(23-3)5-6-12(11)17-15/h5-7,17H,4,8H2,1-3H3,(H,18,20)(H,19,22). The summed E-state index contributed by atoms with van der Waals surface area (Å²) in [6, 6.07) is 5.40. The smallest absolute Gasteiger partial charge is 0.315 e. The van der Waals surface area contributed by atoms with E-state index in [1.807, 2.05) is 6.07 Å². The molecular weight excluding hydrogens is 314 g/mol. The Morgan fingerprint density at radius 3 is 2.62 bits per heavy atom. The molecule has 0 aliphatic rings. The van der Waals surface area contributed by atoms with Crippen molar-refractivity contribution in [3.63, 3.8) is 0 Å². The Kier molecular flexibility index (Phi) is 5.41. The van der Waals surface area contributed by atoms with E-state index in [-0.39, 0.29) is 6.61 Å². The van der Waals surface area contributed by atoms with Gasteiger partial charge in [-0.05, 0) is 37.6 Å². The maximum Gasteiger partial charge on any atom is 0.315 e. The molecule has 0 radical (unpaired) electrons. The number of hydrazine groups is 1. The molecule has 0 unspecified atom stereocenters. The van der Waals surface area contributed by atoms with E-state index in [1.165, 1.54) is 0 Å². The van der Waals surface area contributed by atoms with Gasteiger partial charge in [-0.1, -0.05) is 0 Å². The molecule has 2 aromatic rings. The second-order valence-electron chi connectivity index (χ2n) is 5.02. The Morgan fingerprint density at radius 1 is 1.21 bits per heavy atom. The lowest BCUT2D eigenvalue weighted by Crippen LogP contribution is -2.42. The number of ether oxygens (including phenoxy) is 2. The van der Waals surface area contributed by atoms with Crippen molar-refractivity contribution in [1.29, 1.82) is 0 Å². The van der Waals surface area contributed by atoms with Crippen molar-refractivity contribution in [2.75, 3.05) is 13.7 Å². The van der Waals surface area contributed by atoms with Gasteiger partial charge in [0.15, 0.2) is 0 Å². The summed E-state index contributed by atoms with van der Waals surface area (Å²) in [5, 5.41) is 0.845. The summed E-state index contributed by atoms with van der Waals surface area (Å²) in [5.74, 6) is -1.14. The van der Waals surface area contributed by atoms with Crippen molar-refractivity contribution in [2.24, 2.45) is 0 Å². The monoisotopic (exact) mass is 333 g/mol. The van der Waals surface area contributed by atoms with Crippen LogP contribution in [0.3, 0.4) is 0 Å². The van der Waals surface area contributed by atoms with Crippen LogP contribution in [0.2, 0.25) is 0 Å². The molecule has 2 rings (SSSR count). The summed E-state index contributed by atoms with van der Waals surface area (Å²) in [6.07, 6.45) is -0.461. The number of esters is 1. The number of aromatic nitrogens is 1. The van der Waals surface area contributed by atoms with E-state index in [9.17, 15) is 14.4 Å². The van der Waals surface area contributed by atoms with Crippen LogP contribution in [0, 0.1) is 6.92 Å². The third-order valence-electron chi connectivity index (χ3n) is 3.42. The minimum absolute atomic E-state index is 0.191. The predicted octanol–water partition coefficient (Wildman–Crippen LogP) is 1.20. The van der Waals surface area contributed by atoms with Crippen LogP contribution in [0.25, 0.3) is 10.9 Å². The normalized spacial score (nSPS) is 10.3. The molecule has 1 heterocycles. The first-order chi connectivity index (χ1) is 11.5. The summed E-state index contributed by atoms with van der Waals surface area (Å²) in [4.78, 5) is 37.9. The zero-order valence-electron chi connectivity index (χ0n) is 13.7. The number of carbonyl (C=O) groups excluding carboxylic acids is 3. The maximum absolute atomic E-state index is 12.2. The van der Waals surface area contributed by atoms with Gasteiger partial charge >= 0.3 is 5.97 Å². The first-order valence-corrected chi connectivity index (χ1v) is 7.37. The Bertz CT molecular complexity index is 781. The Balaban J connectivity index is 2.05. The molecule has 0 aliphatic carbocycles. The molecule has 2 amide bonds. The quantitative estimate of drug-likeness (QED) is 0.433. The molecule has 3 N–H and O–H groups in total. The molecule has 8 heteroatoms. The second kappa shape index (κ2) is 7.49. The van der Waals surface area contributed by atoms with Gasteiger partial charge in [0, 0.05) is 10.9 Å². The minimum Gasteiger partial charge on any atom is -0.497 e. The van der Waals surface area contributed by atoms with Crippen LogP contribution in [-0.4, -0.2) is 36.5 Å². The van der Waals surface area contributed by atoms with Crippen LogP contribution in [-0.2, 0) is 14.3 Å². The Hall–Kier alpha value is -3.03. The summed E-state index contributed by atoms with van der Waals surface area (Å²) in [6.45, 7) is 3.62. The lowest BCUT2D eigenvalue weighted by Gasteiger charge is -2.06. The lowest BCUT2D eigenvalue weighted by atomic mass is 10.1. The molecule has 0 bridgehead atoms. The van der Waals surface area contributed by atoms with Gasteiger partial charge in [-0.2, -0.15) is 0 Å². The number of benzene rings is 1. The van der Waals surface area contributed by atoms with E-state index in [0.717, 1.165) is 16.5 Å². The number of aryl methyl sites for hydroxylation is 1. The Labute approximate surface area is 138 Å². The maximum atomic E-state index is 12.2. The highest BCUT2D eigenvalue weighted by molar-refractivity contribution is 6.02. The molecule has 0 atom stereocenters. The van der Waals surface area contributed by atoms with Crippen LogP contribution in [0.15, 0.2) is 18.2 Å². The number of methoxy groups -OCH3 is 1. The van der Waals surface area contributed by atoms with Gasteiger partial charge in [0.1, 0.15) is 17.9 Å². The third-order valence-corrected chi connectivity index (χ3v) is 3.42. The average Bonchev–Trinajstić information content (AvgIpc) is 2.89. The van der Waals surface area contributed by atoms with Gasteiger partial charge in [0.2, 0.25) is 5.91 Å². The van der Waals surface area contributed by atoms with Crippen molar-refractivity contribution in [3.05, 3.63) is 29.5 Å². The van der Waals surface area contributed by atoms with Crippen LogP contribution in [0.4, 0.5) is 0 Å². The summed E-state index contributed by atoms with van der Waals surface area (Å²) < 4.78 is 9.82. The van der Waals surface area contributed by atoms with Crippen LogP contribution in [0.1, 0.15) is 29.4 Å². The molecule has 0 spiro atoms. The van der Waals surface area contributed by atoms with Gasteiger partial charge in [0.05, 0.1) is 13.7 Å². The van der Waals surface area contributed by atoms with Crippen LogP contribution < -0.4 is 15.6 Å². The number of aromatic amines is 1. The van der Waals surface area contributed by atoms with Crippen molar-refractivity contribution in [3.8, 4) is 5.75 Å². The summed E-state index contributed by atoms with van der Waals surface area (Å²) in [5.41, 5.74) is 6.26. The second-order valence-corrected chi connectivity index (χ2v) is 5.02. The van der Waals surface area contributed by atoms with Gasteiger partial charge in [-0.25, -0.2) is 0 Å². The molecule has 1 aromatic heterocycles. The molecular formula is C16H19N3O5. The van der Waals surface area contributed by atoms with E-state index >= 15 is 0 Å². The molecule has 24 heavy (non-hydrogen) atoms. The zero-order chi connectivity index (χ0) is 17.7. The fraction of sp³-hybridized carbons (Fsp3) is 0.312. The van der Waals surface area contributed by atoms with E-state index in [0.29, 0.717) is 11.4 Å². The number of hydrogen-bond donors (Lipinski definition) is 3. The fourth-order valence-corrected chi connectivity index (χ4v) is 2.24. The molecule has 0 saturated heterocycles. The summed E-state index contributed by atoms with van der Waals surface area (Å²) >= 11 is 0. The minimum atomic E-state index is -0.655. The van der Waals surface area contributed by atoms with E-state index in [4.69, 9.17) is 4.74 Å². The first-order valence-electron chi connectivity index (χ1n) is 7.37. The SMILES string of the molecule is CCOC(=O)CC(=O)NNC(=O)c1[nH]c2ccc(OC)cc2c1C. The number of hydrogen-bond acceptors (Lipinski definition) is 5. The summed E-state index contributed by atoms with van der Waals surface area (Å²) in [7, 11) is 1.57. The van der Waals surface area contributed by atoms with E-state index in [2.05, 4.69) is 20.6 Å². The molecule has 0 saturated carbocycles. The molecule has 0 aliphatic heterocycles. The fourth-order valence-electron chi connectivity index (χ4n) is 2.24. The number of amides is 2.